The van der Waals surface area contributed by atoms with Crippen LogP contribution in [0.2, 0.25) is 0 Å². The minimum Gasteiger partial charge on any atom is -0.427 e. The number of rotatable bonds is 3. The summed E-state index contributed by atoms with van der Waals surface area (Å²) >= 11 is 0. The lowest BCUT2D eigenvalue weighted by Crippen LogP contribution is -2.15. The van der Waals surface area contributed by atoms with Gasteiger partial charge < -0.3 is 10.0 Å². The average Bonchev–Trinajstić information content (AvgIpc) is 2.03. The summed E-state index contributed by atoms with van der Waals surface area (Å²) in [6, 6.07) is 7.88. The maximum absolute atomic E-state index is 8.72. The Bertz CT molecular complexity index is 248. The molecule has 0 unspecified atom stereocenters. The maximum atomic E-state index is 8.72. The monoisotopic (exact) mass is 164 g/mol. The lowest BCUT2D eigenvalue weighted by molar-refractivity contribution is 0.405. The normalized spacial score (nSPS) is 9.92. The Labute approximate surface area is 73.0 Å². The molecule has 0 aromatic heterocycles. The molecule has 2 N–H and O–H groups in total. The van der Waals surface area contributed by atoms with E-state index in [0.717, 1.165) is 12.0 Å². The summed E-state index contributed by atoms with van der Waals surface area (Å²) in [5.74, 6) is 0. The van der Waals surface area contributed by atoms with E-state index in [1.165, 1.54) is 5.56 Å². The van der Waals surface area contributed by atoms with Crippen LogP contribution in [-0.4, -0.2) is 17.2 Å². The smallest absolute Gasteiger partial charge is 0.427 e. The third kappa shape index (κ3) is 2.68. The molecule has 2 nitrogen and oxygen atoms in total. The van der Waals surface area contributed by atoms with Crippen molar-refractivity contribution >= 4 is 7.12 Å². The zero-order chi connectivity index (χ0) is 8.97. The molecule has 0 aliphatic carbocycles. The van der Waals surface area contributed by atoms with Crippen LogP contribution in [0.5, 0.6) is 0 Å². The van der Waals surface area contributed by atoms with E-state index < -0.39 is 7.12 Å². The number of benzene rings is 1. The standard InChI is InChI=1S/C9H13BO2/c1-2-8-4-3-5-9(6-8)7-10(11)12/h3-6,11-12H,2,7H2,1H3. The SMILES string of the molecule is CCc1cccc(CB(O)O)c1. The second-order valence-electron chi connectivity index (χ2n) is 2.86. The number of hydrogen-bond donors (Lipinski definition) is 2. The third-order valence-corrected chi connectivity index (χ3v) is 1.82. The predicted molar refractivity (Wildman–Crippen MR) is 49.7 cm³/mol. The first kappa shape index (κ1) is 9.29. The highest BCUT2D eigenvalue weighted by Crippen LogP contribution is 2.06. The van der Waals surface area contributed by atoms with E-state index in [9.17, 15) is 0 Å². The van der Waals surface area contributed by atoms with Crippen LogP contribution in [0.3, 0.4) is 0 Å². The van der Waals surface area contributed by atoms with Gasteiger partial charge in [-0.05, 0) is 17.5 Å². The summed E-state index contributed by atoms with van der Waals surface area (Å²) in [5, 5.41) is 17.4. The van der Waals surface area contributed by atoms with Gasteiger partial charge in [0.05, 0.1) is 0 Å². The van der Waals surface area contributed by atoms with Crippen molar-refractivity contribution in [2.24, 2.45) is 0 Å². The van der Waals surface area contributed by atoms with Crippen molar-refractivity contribution in [3.05, 3.63) is 35.4 Å². The highest BCUT2D eigenvalue weighted by atomic mass is 16.4. The van der Waals surface area contributed by atoms with Gasteiger partial charge in [-0.1, -0.05) is 31.2 Å². The van der Waals surface area contributed by atoms with E-state index in [4.69, 9.17) is 10.0 Å². The minimum absolute atomic E-state index is 0.313. The van der Waals surface area contributed by atoms with Gasteiger partial charge >= 0.3 is 7.12 Å². The van der Waals surface area contributed by atoms with Gasteiger partial charge in [0.1, 0.15) is 0 Å². The average molecular weight is 164 g/mol. The second-order valence-corrected chi connectivity index (χ2v) is 2.86. The van der Waals surface area contributed by atoms with Gasteiger partial charge in [0.2, 0.25) is 0 Å². The molecule has 0 amide bonds. The second kappa shape index (κ2) is 4.29. The van der Waals surface area contributed by atoms with Crippen LogP contribution >= 0.6 is 0 Å². The molecule has 0 spiro atoms. The van der Waals surface area contributed by atoms with Gasteiger partial charge in [-0.25, -0.2) is 0 Å². The van der Waals surface area contributed by atoms with E-state index >= 15 is 0 Å². The molecule has 0 aliphatic rings. The Morgan fingerprint density at radius 2 is 1.92 bits per heavy atom. The fourth-order valence-corrected chi connectivity index (χ4v) is 1.19. The van der Waals surface area contributed by atoms with Crippen molar-refractivity contribution in [1.29, 1.82) is 0 Å². The molecule has 1 aromatic carbocycles. The molecule has 0 heterocycles. The highest BCUT2D eigenvalue weighted by Gasteiger charge is 2.07. The van der Waals surface area contributed by atoms with E-state index in [1.807, 2.05) is 24.3 Å². The van der Waals surface area contributed by atoms with E-state index in [2.05, 4.69) is 6.92 Å². The van der Waals surface area contributed by atoms with Crippen molar-refractivity contribution in [3.8, 4) is 0 Å². The molecule has 1 rings (SSSR count). The Morgan fingerprint density at radius 3 is 2.50 bits per heavy atom. The van der Waals surface area contributed by atoms with Crippen molar-refractivity contribution in [2.45, 2.75) is 19.7 Å². The van der Waals surface area contributed by atoms with Crippen molar-refractivity contribution in [3.63, 3.8) is 0 Å². The molecule has 0 saturated heterocycles. The van der Waals surface area contributed by atoms with E-state index in [1.54, 1.807) is 0 Å². The molecule has 0 radical (unpaired) electrons. The summed E-state index contributed by atoms with van der Waals surface area (Å²) in [6.07, 6.45) is 1.29. The van der Waals surface area contributed by atoms with Gasteiger partial charge in [0, 0.05) is 6.32 Å². The van der Waals surface area contributed by atoms with Gasteiger partial charge in [-0.3, -0.25) is 0 Å². The Kier molecular flexibility index (Phi) is 3.32. The molecular weight excluding hydrogens is 151 g/mol. The van der Waals surface area contributed by atoms with Gasteiger partial charge in [0.15, 0.2) is 0 Å². The van der Waals surface area contributed by atoms with Crippen LogP contribution in [0.15, 0.2) is 24.3 Å². The van der Waals surface area contributed by atoms with Gasteiger partial charge in [-0.15, -0.1) is 0 Å². The fourth-order valence-electron chi connectivity index (χ4n) is 1.19. The van der Waals surface area contributed by atoms with Crippen LogP contribution in [-0.2, 0) is 12.7 Å². The molecule has 0 bridgehead atoms. The summed E-state index contributed by atoms with van der Waals surface area (Å²) in [4.78, 5) is 0. The molecular formula is C9H13BO2. The van der Waals surface area contributed by atoms with Gasteiger partial charge in [0.25, 0.3) is 0 Å². The quantitative estimate of drug-likeness (QED) is 0.648. The van der Waals surface area contributed by atoms with Gasteiger partial charge in [-0.2, -0.15) is 0 Å². The number of aryl methyl sites for hydroxylation is 1. The first-order valence-corrected chi connectivity index (χ1v) is 4.16. The molecule has 3 heteroatoms. The molecule has 0 atom stereocenters. The molecule has 1 aromatic rings. The third-order valence-electron chi connectivity index (χ3n) is 1.82. The lowest BCUT2D eigenvalue weighted by Gasteiger charge is -2.01. The first-order valence-electron chi connectivity index (χ1n) is 4.16. The minimum atomic E-state index is -1.24. The fraction of sp³-hybridized carbons (Fsp3) is 0.333. The summed E-state index contributed by atoms with van der Waals surface area (Å²) in [5.41, 5.74) is 2.21. The van der Waals surface area contributed by atoms with Crippen LogP contribution < -0.4 is 0 Å². The summed E-state index contributed by atoms with van der Waals surface area (Å²) in [7, 11) is -1.24. The van der Waals surface area contributed by atoms with Crippen molar-refractivity contribution in [1.82, 2.24) is 0 Å². The van der Waals surface area contributed by atoms with Crippen LogP contribution in [0, 0.1) is 0 Å². The number of hydrogen-bond acceptors (Lipinski definition) is 2. The Balaban J connectivity index is 2.72. The van der Waals surface area contributed by atoms with Crippen molar-refractivity contribution < 1.29 is 10.0 Å². The van der Waals surface area contributed by atoms with Crippen LogP contribution in [0.4, 0.5) is 0 Å². The topological polar surface area (TPSA) is 40.5 Å². The summed E-state index contributed by atoms with van der Waals surface area (Å²) in [6.45, 7) is 2.08. The maximum Gasteiger partial charge on any atom is 0.456 e. The molecule has 0 aliphatic heterocycles. The largest absolute Gasteiger partial charge is 0.456 e. The Morgan fingerprint density at radius 1 is 1.25 bits per heavy atom. The van der Waals surface area contributed by atoms with E-state index in [0.29, 0.717) is 6.32 Å². The highest BCUT2D eigenvalue weighted by molar-refractivity contribution is 6.40. The first-order chi connectivity index (χ1) is 5.72. The zero-order valence-corrected chi connectivity index (χ0v) is 7.20. The zero-order valence-electron chi connectivity index (χ0n) is 7.20. The van der Waals surface area contributed by atoms with Crippen molar-refractivity contribution in [2.75, 3.05) is 0 Å². The Hall–Kier alpha value is -0.795. The molecule has 12 heavy (non-hydrogen) atoms. The molecule has 0 saturated carbocycles. The molecule has 0 fully saturated rings. The van der Waals surface area contributed by atoms with Crippen LogP contribution in [0.1, 0.15) is 18.1 Å². The summed E-state index contributed by atoms with van der Waals surface area (Å²) < 4.78 is 0. The molecule has 64 valence electrons. The van der Waals surface area contributed by atoms with E-state index in [-0.39, 0.29) is 0 Å². The van der Waals surface area contributed by atoms with Crippen LogP contribution in [0.25, 0.3) is 0 Å². The lowest BCUT2D eigenvalue weighted by atomic mass is 9.81. The predicted octanol–water partition coefficient (Wildman–Crippen LogP) is 0.803.